The highest BCUT2D eigenvalue weighted by molar-refractivity contribution is 5.74. The van der Waals surface area contributed by atoms with Gasteiger partial charge in [0.05, 0.1) is 30.4 Å². The number of hydrogen-bond acceptors (Lipinski definition) is 5. The molecule has 1 saturated carbocycles. The Morgan fingerprint density at radius 2 is 1.81 bits per heavy atom. The molecule has 1 aromatic carbocycles. The van der Waals surface area contributed by atoms with Crippen LogP contribution in [0.4, 0.5) is 13.2 Å². The first-order chi connectivity index (χ1) is 15.2. The lowest BCUT2D eigenvalue weighted by atomic mass is 9.79. The fraction of sp³-hybridized carbons (Fsp3) is 0.696. The van der Waals surface area contributed by atoms with Gasteiger partial charge < -0.3 is 13.9 Å². The summed E-state index contributed by atoms with van der Waals surface area (Å²) in [5.74, 6) is -0.585. The van der Waals surface area contributed by atoms with E-state index in [1.54, 1.807) is 7.11 Å². The molecule has 1 aliphatic carbocycles. The van der Waals surface area contributed by atoms with Gasteiger partial charge in [-0.1, -0.05) is 0 Å². The lowest BCUT2D eigenvalue weighted by Gasteiger charge is -2.48. The van der Waals surface area contributed by atoms with E-state index in [1.807, 2.05) is 0 Å². The summed E-state index contributed by atoms with van der Waals surface area (Å²) >= 11 is 0. The molecule has 2 aromatic rings. The van der Waals surface area contributed by atoms with E-state index in [0.717, 1.165) is 50.9 Å². The number of likely N-dealkylation sites (tertiary alicyclic amines) is 1. The van der Waals surface area contributed by atoms with Crippen molar-refractivity contribution in [2.75, 3.05) is 33.4 Å². The van der Waals surface area contributed by atoms with Crippen molar-refractivity contribution in [3.8, 4) is 0 Å². The third-order valence-electron chi connectivity index (χ3n) is 7.18. The first-order valence-corrected chi connectivity index (χ1v) is 11.3. The monoisotopic (exact) mass is 456 g/mol. The topological polar surface area (TPSA) is 56.8 Å². The van der Waals surface area contributed by atoms with Crippen molar-refractivity contribution in [1.29, 1.82) is 0 Å². The quantitative estimate of drug-likeness (QED) is 0.594. The molecule has 0 amide bonds. The van der Waals surface area contributed by atoms with E-state index < -0.39 is 17.5 Å². The number of fused-ring (bicyclic) bond motifs is 1. The number of nitrogens with zero attached hydrogens (tertiary/aromatic N) is 2. The van der Waals surface area contributed by atoms with Crippen LogP contribution in [0.3, 0.4) is 0 Å². The maximum Gasteiger partial charge on any atom is 0.420 e. The van der Waals surface area contributed by atoms with Gasteiger partial charge >= 0.3 is 11.9 Å². The molecule has 0 unspecified atom stereocenters. The maximum absolute atomic E-state index is 13.2. The van der Waals surface area contributed by atoms with Crippen LogP contribution in [0.15, 0.2) is 27.4 Å². The molecule has 178 valence electrons. The molecular formula is C23H31F3N2O4. The molecule has 1 aliphatic heterocycles. The average Bonchev–Trinajstić information content (AvgIpc) is 3.10. The highest BCUT2D eigenvalue weighted by Crippen LogP contribution is 2.38. The minimum Gasteiger partial charge on any atom is -0.408 e. The van der Waals surface area contributed by atoms with Gasteiger partial charge in [0.15, 0.2) is 5.58 Å². The summed E-state index contributed by atoms with van der Waals surface area (Å²) in [6.45, 7) is 5.11. The van der Waals surface area contributed by atoms with E-state index in [-0.39, 0.29) is 28.8 Å². The van der Waals surface area contributed by atoms with E-state index in [1.165, 1.54) is 10.6 Å². The molecular weight excluding hydrogens is 425 g/mol. The van der Waals surface area contributed by atoms with Crippen LogP contribution in [0, 0.1) is 0 Å². The summed E-state index contributed by atoms with van der Waals surface area (Å²) < 4.78 is 57.1. The Morgan fingerprint density at radius 3 is 2.44 bits per heavy atom. The van der Waals surface area contributed by atoms with Crippen LogP contribution in [-0.2, 0) is 15.7 Å². The molecule has 0 spiro atoms. The van der Waals surface area contributed by atoms with Crippen LogP contribution in [0.2, 0.25) is 0 Å². The molecule has 6 nitrogen and oxygen atoms in total. The fourth-order valence-electron chi connectivity index (χ4n) is 5.21. The van der Waals surface area contributed by atoms with Crippen LogP contribution in [-0.4, -0.2) is 54.5 Å². The zero-order valence-corrected chi connectivity index (χ0v) is 18.6. The number of rotatable bonds is 6. The first-order valence-electron chi connectivity index (χ1n) is 11.3. The third kappa shape index (κ3) is 4.75. The van der Waals surface area contributed by atoms with Crippen LogP contribution in [0.1, 0.15) is 57.1 Å². The predicted molar refractivity (Wildman–Crippen MR) is 114 cm³/mol. The number of benzene rings is 1. The molecule has 9 heteroatoms. The van der Waals surface area contributed by atoms with Gasteiger partial charge in [-0.3, -0.25) is 9.47 Å². The summed E-state index contributed by atoms with van der Waals surface area (Å²) in [4.78, 5) is 14.9. The van der Waals surface area contributed by atoms with Gasteiger partial charge in [0.2, 0.25) is 0 Å². The second-order valence-corrected chi connectivity index (χ2v) is 9.20. The fourth-order valence-corrected chi connectivity index (χ4v) is 5.21. The zero-order valence-electron chi connectivity index (χ0n) is 18.6. The molecule has 32 heavy (non-hydrogen) atoms. The number of ether oxygens (including phenoxy) is 2. The van der Waals surface area contributed by atoms with E-state index in [2.05, 4.69) is 11.8 Å². The van der Waals surface area contributed by atoms with Crippen molar-refractivity contribution in [2.24, 2.45) is 0 Å². The first kappa shape index (κ1) is 23.3. The SMILES string of the molecule is COCCOC1CCC(C)(N2CCC(n3c(=O)oc4ccc(C(F)(F)F)cc43)CC2)CC1. The van der Waals surface area contributed by atoms with Crippen molar-refractivity contribution < 1.29 is 27.1 Å². The second kappa shape index (κ2) is 9.19. The third-order valence-corrected chi connectivity index (χ3v) is 7.18. The molecule has 0 atom stereocenters. The molecule has 4 rings (SSSR count). The number of alkyl halides is 3. The average molecular weight is 457 g/mol. The Balaban J connectivity index is 1.41. The van der Waals surface area contributed by atoms with Crippen molar-refractivity contribution in [3.05, 3.63) is 34.3 Å². The summed E-state index contributed by atoms with van der Waals surface area (Å²) in [6, 6.07) is 3.05. The Kier molecular flexibility index (Phi) is 6.70. The maximum atomic E-state index is 13.2. The Morgan fingerprint density at radius 1 is 1.12 bits per heavy atom. The smallest absolute Gasteiger partial charge is 0.408 e. The van der Waals surface area contributed by atoms with Gasteiger partial charge in [-0.05, 0) is 63.6 Å². The molecule has 0 radical (unpaired) electrons. The van der Waals surface area contributed by atoms with Crippen LogP contribution in [0.5, 0.6) is 0 Å². The molecule has 2 aliphatic rings. The Hall–Kier alpha value is -1.84. The lowest BCUT2D eigenvalue weighted by Crippen LogP contribution is -2.53. The highest BCUT2D eigenvalue weighted by atomic mass is 19.4. The Labute approximate surface area is 185 Å². The standard InChI is InChI=1S/C23H31F3N2O4/c1-22(9-5-18(6-10-22)31-14-13-30-2)27-11-7-17(8-12-27)28-19-15-16(23(24,25)26)3-4-20(19)32-21(28)29/h3-4,15,17-18H,5-14H2,1-2H3. The van der Waals surface area contributed by atoms with Crippen LogP contribution >= 0.6 is 0 Å². The van der Waals surface area contributed by atoms with Gasteiger partial charge in [0.1, 0.15) is 0 Å². The normalized spacial score (nSPS) is 26.1. The van der Waals surface area contributed by atoms with Crippen molar-refractivity contribution in [3.63, 3.8) is 0 Å². The Bertz CT molecular complexity index is 968. The van der Waals surface area contributed by atoms with Gasteiger partial charge in [0, 0.05) is 31.8 Å². The number of aromatic nitrogens is 1. The number of oxazole rings is 1. The highest BCUT2D eigenvalue weighted by Gasteiger charge is 2.39. The van der Waals surface area contributed by atoms with E-state index >= 15 is 0 Å². The summed E-state index contributed by atoms with van der Waals surface area (Å²) in [7, 11) is 1.67. The number of methoxy groups -OCH3 is 1. The number of hydrogen-bond donors (Lipinski definition) is 0. The molecule has 2 fully saturated rings. The summed E-state index contributed by atoms with van der Waals surface area (Å²) in [5, 5.41) is 0. The molecule has 0 bridgehead atoms. The minimum atomic E-state index is -4.46. The van der Waals surface area contributed by atoms with Crippen LogP contribution in [0.25, 0.3) is 11.1 Å². The van der Waals surface area contributed by atoms with E-state index in [9.17, 15) is 18.0 Å². The van der Waals surface area contributed by atoms with Crippen molar-refractivity contribution in [1.82, 2.24) is 9.47 Å². The molecule has 0 N–H and O–H groups in total. The molecule has 2 heterocycles. The molecule has 1 saturated heterocycles. The van der Waals surface area contributed by atoms with E-state index in [0.29, 0.717) is 26.1 Å². The van der Waals surface area contributed by atoms with Crippen molar-refractivity contribution >= 4 is 11.1 Å². The predicted octanol–water partition coefficient (Wildman–Crippen LogP) is 4.61. The largest absolute Gasteiger partial charge is 0.420 e. The van der Waals surface area contributed by atoms with Gasteiger partial charge in [-0.25, -0.2) is 4.79 Å². The van der Waals surface area contributed by atoms with Gasteiger partial charge in [-0.15, -0.1) is 0 Å². The van der Waals surface area contributed by atoms with Crippen LogP contribution < -0.4 is 5.76 Å². The molecule has 1 aromatic heterocycles. The lowest BCUT2D eigenvalue weighted by molar-refractivity contribution is -0.137. The van der Waals surface area contributed by atoms with Gasteiger partial charge in [0.25, 0.3) is 0 Å². The second-order valence-electron chi connectivity index (χ2n) is 9.20. The van der Waals surface area contributed by atoms with Crippen molar-refractivity contribution in [2.45, 2.75) is 69.3 Å². The number of piperidine rings is 1. The minimum absolute atomic E-state index is 0.0823. The van der Waals surface area contributed by atoms with E-state index in [4.69, 9.17) is 13.9 Å². The van der Waals surface area contributed by atoms with Gasteiger partial charge in [-0.2, -0.15) is 13.2 Å². The summed E-state index contributed by atoms with van der Waals surface area (Å²) in [5.41, 5.74) is -0.264. The zero-order chi connectivity index (χ0) is 22.9. The summed E-state index contributed by atoms with van der Waals surface area (Å²) in [6.07, 6.45) is 1.31. The number of halogens is 3.